The Morgan fingerprint density at radius 3 is 2.75 bits per heavy atom. The van der Waals surface area contributed by atoms with Crippen LogP contribution in [0, 0.1) is 6.92 Å². The zero-order valence-electron chi connectivity index (χ0n) is 10.8. The van der Waals surface area contributed by atoms with Gasteiger partial charge in [0.1, 0.15) is 5.65 Å². The second-order valence-corrected chi connectivity index (χ2v) is 4.48. The standard InChI is InChI=1S/C14H12N4O2/c1-8-12-10(6-11(19)20)7-16-14(12)18-13(17-8)9-2-4-15-5-3-9/h2-5,7H,6H2,1H3,(H,19,20)(H,16,17,18). The molecule has 0 fully saturated rings. The Labute approximate surface area is 114 Å². The molecule has 0 aliphatic carbocycles. The number of pyridine rings is 1. The van der Waals surface area contributed by atoms with Crippen LogP contribution in [0.4, 0.5) is 0 Å². The number of hydrogen-bond acceptors (Lipinski definition) is 4. The van der Waals surface area contributed by atoms with E-state index in [0.717, 1.165) is 16.6 Å². The molecule has 20 heavy (non-hydrogen) atoms. The first-order chi connectivity index (χ1) is 9.65. The lowest BCUT2D eigenvalue weighted by Crippen LogP contribution is -2.00. The number of hydrogen-bond donors (Lipinski definition) is 2. The predicted molar refractivity (Wildman–Crippen MR) is 73.2 cm³/mol. The smallest absolute Gasteiger partial charge is 0.307 e. The van der Waals surface area contributed by atoms with Crippen LogP contribution in [0.15, 0.2) is 30.7 Å². The number of nitrogens with one attached hydrogen (secondary N) is 1. The number of carbonyl (C=O) groups is 1. The summed E-state index contributed by atoms with van der Waals surface area (Å²) in [4.78, 5) is 26.7. The average Bonchev–Trinajstić information content (AvgIpc) is 2.82. The number of fused-ring (bicyclic) bond motifs is 1. The summed E-state index contributed by atoms with van der Waals surface area (Å²) in [6, 6.07) is 3.67. The van der Waals surface area contributed by atoms with Crippen LogP contribution in [0.25, 0.3) is 22.4 Å². The maximum atomic E-state index is 10.8. The Bertz CT molecular complexity index is 780. The quantitative estimate of drug-likeness (QED) is 0.757. The minimum atomic E-state index is -0.872. The van der Waals surface area contributed by atoms with Gasteiger partial charge in [0, 0.05) is 29.5 Å². The highest BCUT2D eigenvalue weighted by atomic mass is 16.4. The van der Waals surface area contributed by atoms with Crippen LogP contribution in [-0.4, -0.2) is 31.0 Å². The van der Waals surface area contributed by atoms with Gasteiger partial charge in [0.2, 0.25) is 0 Å². The Kier molecular flexibility index (Phi) is 2.90. The van der Waals surface area contributed by atoms with E-state index < -0.39 is 5.97 Å². The molecule has 3 aromatic heterocycles. The third kappa shape index (κ3) is 2.11. The minimum absolute atomic E-state index is 0.0429. The summed E-state index contributed by atoms with van der Waals surface area (Å²) in [5.41, 5.74) is 2.99. The highest BCUT2D eigenvalue weighted by Crippen LogP contribution is 2.23. The topological polar surface area (TPSA) is 91.8 Å². The highest BCUT2D eigenvalue weighted by Gasteiger charge is 2.13. The Morgan fingerprint density at radius 1 is 1.30 bits per heavy atom. The molecule has 100 valence electrons. The van der Waals surface area contributed by atoms with Crippen LogP contribution in [0.1, 0.15) is 11.3 Å². The summed E-state index contributed by atoms with van der Waals surface area (Å²) in [5, 5.41) is 9.69. The molecule has 0 aliphatic heterocycles. The normalized spacial score (nSPS) is 10.8. The van der Waals surface area contributed by atoms with Crippen LogP contribution in [0.5, 0.6) is 0 Å². The molecule has 3 aromatic rings. The molecule has 0 amide bonds. The molecule has 0 radical (unpaired) electrons. The summed E-state index contributed by atoms with van der Waals surface area (Å²) in [6.07, 6.45) is 5.00. The zero-order chi connectivity index (χ0) is 14.1. The van der Waals surface area contributed by atoms with Crippen molar-refractivity contribution in [2.24, 2.45) is 0 Å². The molecule has 6 heteroatoms. The van der Waals surface area contributed by atoms with Crippen molar-refractivity contribution in [2.75, 3.05) is 0 Å². The van der Waals surface area contributed by atoms with Gasteiger partial charge in [-0.1, -0.05) is 0 Å². The molecule has 0 saturated carbocycles. The first kappa shape index (κ1) is 12.3. The van der Waals surface area contributed by atoms with Gasteiger partial charge in [-0.2, -0.15) is 0 Å². The molecule has 0 aromatic carbocycles. The number of aromatic amines is 1. The maximum absolute atomic E-state index is 10.8. The lowest BCUT2D eigenvalue weighted by atomic mass is 10.1. The van der Waals surface area contributed by atoms with Crippen LogP contribution in [0.2, 0.25) is 0 Å². The minimum Gasteiger partial charge on any atom is -0.481 e. The van der Waals surface area contributed by atoms with Crippen molar-refractivity contribution in [3.05, 3.63) is 42.0 Å². The highest BCUT2D eigenvalue weighted by molar-refractivity contribution is 5.87. The van der Waals surface area contributed by atoms with Gasteiger partial charge in [-0.15, -0.1) is 0 Å². The van der Waals surface area contributed by atoms with Crippen molar-refractivity contribution in [3.8, 4) is 11.4 Å². The molecule has 0 aliphatic rings. The number of carboxylic acids is 1. The van der Waals surface area contributed by atoms with Crippen LogP contribution < -0.4 is 0 Å². The summed E-state index contributed by atoms with van der Waals surface area (Å²) in [7, 11) is 0. The number of carboxylic acid groups (broad SMARTS) is 1. The van der Waals surface area contributed by atoms with Crippen LogP contribution in [0.3, 0.4) is 0 Å². The Morgan fingerprint density at radius 2 is 2.05 bits per heavy atom. The third-order valence-electron chi connectivity index (χ3n) is 3.07. The molecular formula is C14H12N4O2. The first-order valence-electron chi connectivity index (χ1n) is 6.12. The van der Waals surface area contributed by atoms with Gasteiger partial charge in [-0.3, -0.25) is 9.78 Å². The SMILES string of the molecule is Cc1nc(-c2ccncc2)nc2[nH]cc(CC(=O)O)c12. The van der Waals surface area contributed by atoms with E-state index in [1.54, 1.807) is 18.6 Å². The molecule has 3 rings (SSSR count). The fourth-order valence-corrected chi connectivity index (χ4v) is 2.22. The first-order valence-corrected chi connectivity index (χ1v) is 6.12. The second-order valence-electron chi connectivity index (χ2n) is 4.48. The Hall–Kier alpha value is -2.76. The maximum Gasteiger partial charge on any atom is 0.307 e. The van der Waals surface area contributed by atoms with Gasteiger partial charge in [-0.25, -0.2) is 9.97 Å². The molecule has 0 spiro atoms. The van der Waals surface area contributed by atoms with Crippen molar-refractivity contribution < 1.29 is 9.90 Å². The lowest BCUT2D eigenvalue weighted by Gasteiger charge is -2.03. The summed E-state index contributed by atoms with van der Waals surface area (Å²) >= 11 is 0. The van der Waals surface area contributed by atoms with Crippen LogP contribution >= 0.6 is 0 Å². The van der Waals surface area contributed by atoms with Crippen molar-refractivity contribution in [1.82, 2.24) is 19.9 Å². The molecule has 0 atom stereocenters. The van der Waals surface area contributed by atoms with Crippen molar-refractivity contribution in [1.29, 1.82) is 0 Å². The summed E-state index contributed by atoms with van der Waals surface area (Å²) in [6.45, 7) is 1.86. The number of aliphatic carboxylic acids is 1. The van der Waals surface area contributed by atoms with Crippen molar-refractivity contribution >= 4 is 17.0 Å². The summed E-state index contributed by atoms with van der Waals surface area (Å²) in [5.74, 6) is -0.273. The van der Waals surface area contributed by atoms with Crippen molar-refractivity contribution in [2.45, 2.75) is 13.3 Å². The van der Waals surface area contributed by atoms with E-state index in [9.17, 15) is 4.79 Å². The van der Waals surface area contributed by atoms with Crippen molar-refractivity contribution in [3.63, 3.8) is 0 Å². The van der Waals surface area contributed by atoms with Crippen LogP contribution in [-0.2, 0) is 11.2 Å². The molecule has 3 heterocycles. The fourth-order valence-electron chi connectivity index (χ4n) is 2.22. The molecule has 0 saturated heterocycles. The second kappa shape index (κ2) is 4.73. The van der Waals surface area contributed by atoms with E-state index in [0.29, 0.717) is 17.0 Å². The number of nitrogens with zero attached hydrogens (tertiary/aromatic N) is 3. The van der Waals surface area contributed by atoms with E-state index in [1.807, 2.05) is 19.1 Å². The average molecular weight is 268 g/mol. The van der Waals surface area contributed by atoms with Gasteiger partial charge < -0.3 is 10.1 Å². The number of H-pyrrole nitrogens is 1. The van der Waals surface area contributed by atoms with Gasteiger partial charge in [-0.05, 0) is 24.6 Å². The zero-order valence-corrected chi connectivity index (χ0v) is 10.8. The van der Waals surface area contributed by atoms with Gasteiger partial charge >= 0.3 is 5.97 Å². The Balaban J connectivity index is 2.15. The van der Waals surface area contributed by atoms with E-state index in [-0.39, 0.29) is 6.42 Å². The van der Waals surface area contributed by atoms with E-state index in [2.05, 4.69) is 19.9 Å². The molecular weight excluding hydrogens is 256 g/mol. The molecule has 0 bridgehead atoms. The fraction of sp³-hybridized carbons (Fsp3) is 0.143. The van der Waals surface area contributed by atoms with E-state index in [1.165, 1.54) is 0 Å². The van der Waals surface area contributed by atoms with Gasteiger partial charge in [0.25, 0.3) is 0 Å². The number of aromatic nitrogens is 4. The predicted octanol–water partition coefficient (Wildman–Crippen LogP) is 1.96. The largest absolute Gasteiger partial charge is 0.481 e. The monoisotopic (exact) mass is 268 g/mol. The molecule has 0 unspecified atom stereocenters. The van der Waals surface area contributed by atoms with Gasteiger partial charge in [0.15, 0.2) is 5.82 Å². The number of aryl methyl sites for hydroxylation is 1. The number of rotatable bonds is 3. The van der Waals surface area contributed by atoms with E-state index >= 15 is 0 Å². The lowest BCUT2D eigenvalue weighted by molar-refractivity contribution is -0.136. The molecule has 6 nitrogen and oxygen atoms in total. The molecule has 2 N–H and O–H groups in total. The third-order valence-corrected chi connectivity index (χ3v) is 3.07. The van der Waals surface area contributed by atoms with Gasteiger partial charge in [0.05, 0.1) is 12.1 Å². The summed E-state index contributed by atoms with van der Waals surface area (Å²) < 4.78 is 0. The van der Waals surface area contributed by atoms with E-state index in [4.69, 9.17) is 5.11 Å².